The number of para-hydroxylation sites is 1. The monoisotopic (exact) mass is 292 g/mol. The van der Waals surface area contributed by atoms with Crippen LogP contribution in [0, 0.1) is 0 Å². The van der Waals surface area contributed by atoms with Crippen molar-refractivity contribution in [2.45, 2.75) is 32.4 Å². The fourth-order valence-corrected chi connectivity index (χ4v) is 2.40. The van der Waals surface area contributed by atoms with E-state index in [1.165, 1.54) is 0 Å². The van der Waals surface area contributed by atoms with Crippen molar-refractivity contribution in [1.29, 1.82) is 0 Å². The number of ether oxygens (including phenoxy) is 2. The second-order valence-electron chi connectivity index (χ2n) is 5.25. The lowest BCUT2D eigenvalue weighted by molar-refractivity contribution is -0.142. The van der Waals surface area contributed by atoms with Gasteiger partial charge in [0, 0.05) is 24.7 Å². The van der Waals surface area contributed by atoms with Crippen molar-refractivity contribution in [2.75, 3.05) is 26.3 Å². The third kappa shape index (κ3) is 3.95. The fraction of sp³-hybridized carbons (Fsp3) is 0.562. The largest absolute Gasteiger partial charge is 0.481 e. The predicted octanol–water partition coefficient (Wildman–Crippen LogP) is 1.72. The molecule has 1 fully saturated rings. The molecule has 1 saturated heterocycles. The normalized spacial score (nSPS) is 18.1. The Hall–Kier alpha value is -1.59. The molecule has 1 aliphatic rings. The van der Waals surface area contributed by atoms with E-state index in [2.05, 4.69) is 0 Å². The molecule has 21 heavy (non-hydrogen) atoms. The summed E-state index contributed by atoms with van der Waals surface area (Å²) in [6.07, 6.45) is 0.305. The van der Waals surface area contributed by atoms with Gasteiger partial charge in [0.15, 0.2) is 6.10 Å². The Morgan fingerprint density at radius 2 is 2.05 bits per heavy atom. The van der Waals surface area contributed by atoms with Crippen molar-refractivity contribution >= 4 is 5.91 Å². The van der Waals surface area contributed by atoms with E-state index in [1.807, 2.05) is 31.2 Å². The van der Waals surface area contributed by atoms with E-state index >= 15 is 0 Å². The molecule has 1 aromatic carbocycles. The van der Waals surface area contributed by atoms with Crippen molar-refractivity contribution in [3.8, 4) is 5.75 Å². The maximum atomic E-state index is 12.4. The number of morpholine rings is 1. The van der Waals surface area contributed by atoms with Crippen LogP contribution in [0.2, 0.25) is 0 Å². The topological polar surface area (TPSA) is 64.8 Å². The Morgan fingerprint density at radius 3 is 2.71 bits per heavy atom. The van der Waals surface area contributed by atoms with Crippen LogP contribution in [0.25, 0.3) is 0 Å². The van der Waals surface area contributed by atoms with Crippen molar-refractivity contribution in [1.82, 2.24) is 4.90 Å². The smallest absolute Gasteiger partial charge is 0.263 e. The second kappa shape index (κ2) is 7.43. The number of nitrogens with two attached hydrogens (primary N) is 1. The molecule has 0 aliphatic carbocycles. The lowest BCUT2D eigenvalue weighted by atomic mass is 10.0. The summed E-state index contributed by atoms with van der Waals surface area (Å²) in [6.45, 7) is 6.26. The van der Waals surface area contributed by atoms with Gasteiger partial charge in [0.1, 0.15) is 5.75 Å². The van der Waals surface area contributed by atoms with Crippen LogP contribution in [0.3, 0.4) is 0 Å². The molecule has 5 heteroatoms. The van der Waals surface area contributed by atoms with E-state index < -0.39 is 6.10 Å². The third-order valence-corrected chi connectivity index (χ3v) is 3.73. The van der Waals surface area contributed by atoms with Crippen LogP contribution in [0.1, 0.15) is 31.9 Å². The SMILES string of the molecule is CCC(N)c1ccccc1OC(C)C(=O)N1CCOCC1. The minimum absolute atomic E-state index is 0.00169. The average molecular weight is 292 g/mol. The van der Waals surface area contributed by atoms with Gasteiger partial charge in [0.05, 0.1) is 13.2 Å². The molecule has 2 unspecified atom stereocenters. The summed E-state index contributed by atoms with van der Waals surface area (Å²) in [5.74, 6) is 0.694. The Kier molecular flexibility index (Phi) is 5.59. The number of benzene rings is 1. The van der Waals surface area contributed by atoms with Gasteiger partial charge < -0.3 is 20.1 Å². The van der Waals surface area contributed by atoms with Gasteiger partial charge >= 0.3 is 0 Å². The van der Waals surface area contributed by atoms with Gasteiger partial charge in [-0.3, -0.25) is 4.79 Å². The Bertz CT molecular complexity index is 472. The number of amides is 1. The Balaban J connectivity index is 2.05. The summed E-state index contributed by atoms with van der Waals surface area (Å²) >= 11 is 0. The summed E-state index contributed by atoms with van der Waals surface area (Å²) < 4.78 is 11.1. The highest BCUT2D eigenvalue weighted by Crippen LogP contribution is 2.26. The zero-order valence-electron chi connectivity index (χ0n) is 12.7. The highest BCUT2D eigenvalue weighted by Gasteiger charge is 2.24. The lowest BCUT2D eigenvalue weighted by Crippen LogP contribution is -2.46. The molecule has 2 rings (SSSR count). The van der Waals surface area contributed by atoms with E-state index in [-0.39, 0.29) is 11.9 Å². The molecule has 5 nitrogen and oxygen atoms in total. The first-order valence-electron chi connectivity index (χ1n) is 7.51. The average Bonchev–Trinajstić information content (AvgIpc) is 2.54. The van der Waals surface area contributed by atoms with E-state index in [9.17, 15) is 4.79 Å². The van der Waals surface area contributed by atoms with Crippen LogP contribution in [0.4, 0.5) is 0 Å². The number of nitrogens with zero attached hydrogens (tertiary/aromatic N) is 1. The van der Waals surface area contributed by atoms with Crippen LogP contribution in [-0.4, -0.2) is 43.2 Å². The Labute approximate surface area is 126 Å². The Morgan fingerprint density at radius 1 is 1.38 bits per heavy atom. The van der Waals surface area contributed by atoms with E-state index in [1.54, 1.807) is 11.8 Å². The van der Waals surface area contributed by atoms with Crippen LogP contribution < -0.4 is 10.5 Å². The quantitative estimate of drug-likeness (QED) is 0.897. The molecule has 0 bridgehead atoms. The first-order chi connectivity index (χ1) is 10.1. The highest BCUT2D eigenvalue weighted by molar-refractivity contribution is 5.81. The van der Waals surface area contributed by atoms with Gasteiger partial charge in [0.2, 0.25) is 0 Å². The zero-order valence-corrected chi connectivity index (χ0v) is 12.7. The van der Waals surface area contributed by atoms with Gasteiger partial charge in [-0.15, -0.1) is 0 Å². The van der Waals surface area contributed by atoms with Crippen LogP contribution in [0.5, 0.6) is 5.75 Å². The molecule has 1 aliphatic heterocycles. The van der Waals surface area contributed by atoms with Crippen molar-refractivity contribution in [3.05, 3.63) is 29.8 Å². The van der Waals surface area contributed by atoms with Gasteiger partial charge in [-0.1, -0.05) is 25.1 Å². The van der Waals surface area contributed by atoms with Crippen molar-refractivity contribution in [3.63, 3.8) is 0 Å². The molecule has 1 aromatic rings. The zero-order chi connectivity index (χ0) is 15.2. The molecule has 116 valence electrons. The molecule has 0 aromatic heterocycles. The molecule has 0 saturated carbocycles. The van der Waals surface area contributed by atoms with Gasteiger partial charge in [-0.05, 0) is 19.4 Å². The van der Waals surface area contributed by atoms with Crippen molar-refractivity contribution < 1.29 is 14.3 Å². The number of rotatable bonds is 5. The molecular formula is C16H24N2O3. The summed E-state index contributed by atoms with van der Waals surface area (Å²) in [6, 6.07) is 7.58. The molecule has 0 radical (unpaired) electrons. The molecule has 2 N–H and O–H groups in total. The predicted molar refractivity (Wildman–Crippen MR) is 81.2 cm³/mol. The molecular weight excluding hydrogens is 268 g/mol. The number of carbonyl (C=O) groups is 1. The minimum Gasteiger partial charge on any atom is -0.481 e. The first-order valence-corrected chi connectivity index (χ1v) is 7.51. The number of hydrogen-bond donors (Lipinski definition) is 1. The molecule has 0 spiro atoms. The van der Waals surface area contributed by atoms with E-state index in [0.717, 1.165) is 12.0 Å². The van der Waals surface area contributed by atoms with Gasteiger partial charge in [0.25, 0.3) is 5.91 Å². The maximum absolute atomic E-state index is 12.4. The summed E-state index contributed by atoms with van der Waals surface area (Å²) in [5, 5.41) is 0. The molecule has 2 atom stereocenters. The minimum atomic E-state index is -0.520. The fourth-order valence-electron chi connectivity index (χ4n) is 2.40. The van der Waals surface area contributed by atoms with Gasteiger partial charge in [-0.25, -0.2) is 0 Å². The molecule has 1 amide bonds. The van der Waals surface area contributed by atoms with Gasteiger partial charge in [-0.2, -0.15) is 0 Å². The van der Waals surface area contributed by atoms with E-state index in [0.29, 0.717) is 32.1 Å². The van der Waals surface area contributed by atoms with Crippen LogP contribution in [-0.2, 0) is 9.53 Å². The first kappa shape index (κ1) is 15.8. The van der Waals surface area contributed by atoms with Crippen molar-refractivity contribution in [2.24, 2.45) is 5.73 Å². The van der Waals surface area contributed by atoms with E-state index in [4.69, 9.17) is 15.2 Å². The number of hydrogen-bond acceptors (Lipinski definition) is 4. The second-order valence-corrected chi connectivity index (χ2v) is 5.25. The summed E-state index contributed by atoms with van der Waals surface area (Å²) in [5.41, 5.74) is 7.04. The maximum Gasteiger partial charge on any atom is 0.263 e. The molecule has 1 heterocycles. The highest BCUT2D eigenvalue weighted by atomic mass is 16.5. The van der Waals surface area contributed by atoms with Crippen LogP contribution >= 0.6 is 0 Å². The lowest BCUT2D eigenvalue weighted by Gasteiger charge is -2.29. The summed E-state index contributed by atoms with van der Waals surface area (Å²) in [4.78, 5) is 14.2. The van der Waals surface area contributed by atoms with Crippen LogP contribution in [0.15, 0.2) is 24.3 Å². The standard InChI is InChI=1S/C16H24N2O3/c1-3-14(17)13-6-4-5-7-15(13)21-12(2)16(19)18-8-10-20-11-9-18/h4-7,12,14H,3,8-11,17H2,1-2H3. The number of carbonyl (C=O) groups excluding carboxylic acids is 1. The summed E-state index contributed by atoms with van der Waals surface area (Å²) in [7, 11) is 0. The third-order valence-electron chi connectivity index (χ3n) is 3.73.